The molecule has 2 bridgehead atoms. The molecule has 7 nitrogen and oxygen atoms in total. The van der Waals surface area contributed by atoms with E-state index in [2.05, 4.69) is 35.9 Å². The minimum absolute atomic E-state index is 0.0941. The molecule has 5 rings (SSSR count). The molecule has 0 radical (unpaired) electrons. The molecule has 3 fully saturated rings. The molecule has 0 aliphatic carbocycles. The summed E-state index contributed by atoms with van der Waals surface area (Å²) in [7, 11) is 0. The van der Waals surface area contributed by atoms with Crippen molar-refractivity contribution in [3.05, 3.63) is 29.1 Å². The Hall–Kier alpha value is -2.48. The quantitative estimate of drug-likeness (QED) is 0.745. The van der Waals surface area contributed by atoms with E-state index in [0.29, 0.717) is 23.7 Å². The van der Waals surface area contributed by atoms with Crippen molar-refractivity contribution < 1.29 is 18.8 Å². The largest absolute Gasteiger partial charge is 0.363 e. The summed E-state index contributed by atoms with van der Waals surface area (Å²) in [5.74, 6) is -1.50. The number of anilines is 1. The van der Waals surface area contributed by atoms with Crippen LogP contribution in [-0.2, 0) is 16.1 Å². The van der Waals surface area contributed by atoms with Gasteiger partial charge in [-0.05, 0) is 51.3 Å². The van der Waals surface area contributed by atoms with Crippen LogP contribution in [-0.4, -0.2) is 64.3 Å². The Labute approximate surface area is 175 Å². The van der Waals surface area contributed by atoms with Crippen molar-refractivity contribution in [2.45, 2.75) is 70.2 Å². The highest BCUT2D eigenvalue weighted by Gasteiger charge is 2.48. The zero-order valence-corrected chi connectivity index (χ0v) is 17.6. The van der Waals surface area contributed by atoms with E-state index < -0.39 is 11.9 Å². The first-order chi connectivity index (χ1) is 14.1. The van der Waals surface area contributed by atoms with Crippen molar-refractivity contribution >= 4 is 23.4 Å². The molecule has 1 aromatic carbocycles. The number of nitrogens with zero attached hydrogens (tertiary/aromatic N) is 3. The average molecular weight is 414 g/mol. The third kappa shape index (κ3) is 2.92. The lowest BCUT2D eigenvalue weighted by Gasteiger charge is -2.42. The molecule has 160 valence electrons. The van der Waals surface area contributed by atoms with Gasteiger partial charge in [0.1, 0.15) is 11.9 Å². The Morgan fingerprint density at radius 3 is 2.47 bits per heavy atom. The Bertz CT molecular complexity index is 956. The van der Waals surface area contributed by atoms with Crippen LogP contribution < -0.4 is 10.2 Å². The number of piperazine rings is 1. The highest BCUT2D eigenvalue weighted by molar-refractivity contribution is 6.05. The van der Waals surface area contributed by atoms with Crippen LogP contribution in [0, 0.1) is 5.82 Å². The smallest absolute Gasteiger partial charge is 0.255 e. The monoisotopic (exact) mass is 414 g/mol. The van der Waals surface area contributed by atoms with Gasteiger partial charge in [0.15, 0.2) is 0 Å². The fourth-order valence-corrected chi connectivity index (χ4v) is 5.58. The van der Waals surface area contributed by atoms with Gasteiger partial charge in [0.25, 0.3) is 5.91 Å². The second-order valence-electron chi connectivity index (χ2n) is 9.88. The minimum Gasteiger partial charge on any atom is -0.363 e. The highest BCUT2D eigenvalue weighted by Crippen LogP contribution is 2.41. The van der Waals surface area contributed by atoms with Gasteiger partial charge in [0.05, 0.1) is 5.69 Å². The van der Waals surface area contributed by atoms with Crippen LogP contribution >= 0.6 is 0 Å². The first-order valence-electron chi connectivity index (χ1n) is 10.6. The number of piperidine rings is 1. The van der Waals surface area contributed by atoms with Crippen LogP contribution in [0.15, 0.2) is 12.1 Å². The number of fused-ring (bicyclic) bond motifs is 3. The molecule has 8 heteroatoms. The Balaban J connectivity index is 1.38. The fourth-order valence-electron chi connectivity index (χ4n) is 5.58. The topological polar surface area (TPSA) is 73.0 Å². The Morgan fingerprint density at radius 1 is 1.07 bits per heavy atom. The lowest BCUT2D eigenvalue weighted by atomic mass is 10.0. The number of nitrogens with one attached hydrogen (secondary N) is 1. The van der Waals surface area contributed by atoms with Gasteiger partial charge in [0.2, 0.25) is 11.8 Å². The summed E-state index contributed by atoms with van der Waals surface area (Å²) in [5.41, 5.74) is 1.71. The van der Waals surface area contributed by atoms with Crippen LogP contribution in [0.3, 0.4) is 0 Å². The van der Waals surface area contributed by atoms with E-state index in [9.17, 15) is 14.4 Å². The van der Waals surface area contributed by atoms with Crippen molar-refractivity contribution in [3.8, 4) is 0 Å². The lowest BCUT2D eigenvalue weighted by molar-refractivity contribution is -0.136. The molecule has 0 saturated carbocycles. The number of hydrogen-bond acceptors (Lipinski definition) is 5. The predicted octanol–water partition coefficient (Wildman–Crippen LogP) is 1.65. The third-order valence-electron chi connectivity index (χ3n) is 7.00. The Morgan fingerprint density at radius 2 is 1.83 bits per heavy atom. The molecule has 3 amide bonds. The van der Waals surface area contributed by atoms with Crippen molar-refractivity contribution in [3.63, 3.8) is 0 Å². The second kappa shape index (κ2) is 6.51. The van der Waals surface area contributed by atoms with Crippen LogP contribution in [0.5, 0.6) is 0 Å². The zero-order valence-electron chi connectivity index (χ0n) is 17.6. The van der Waals surface area contributed by atoms with E-state index in [4.69, 9.17) is 0 Å². The molecule has 0 aromatic heterocycles. The number of rotatable bonds is 2. The first-order valence-corrected chi connectivity index (χ1v) is 10.6. The number of imide groups is 1. The molecule has 30 heavy (non-hydrogen) atoms. The molecule has 3 atom stereocenters. The van der Waals surface area contributed by atoms with Gasteiger partial charge in [-0.1, -0.05) is 0 Å². The molecule has 0 spiro atoms. The summed E-state index contributed by atoms with van der Waals surface area (Å²) in [6.07, 6.45) is 1.53. The first kappa shape index (κ1) is 19.5. The van der Waals surface area contributed by atoms with E-state index in [-0.39, 0.29) is 42.2 Å². The number of carbonyl (C=O) groups is 3. The summed E-state index contributed by atoms with van der Waals surface area (Å²) in [5, 5.41) is 2.30. The fraction of sp³-hybridized carbons (Fsp3) is 0.591. The minimum atomic E-state index is -0.683. The molecule has 4 aliphatic rings. The van der Waals surface area contributed by atoms with Gasteiger partial charge in [0, 0.05) is 49.2 Å². The van der Waals surface area contributed by atoms with Crippen LogP contribution in [0.1, 0.15) is 56.0 Å². The molecule has 4 aliphatic heterocycles. The van der Waals surface area contributed by atoms with E-state index in [1.165, 1.54) is 11.0 Å². The van der Waals surface area contributed by atoms with Crippen LogP contribution in [0.2, 0.25) is 0 Å². The second-order valence-corrected chi connectivity index (χ2v) is 9.88. The van der Waals surface area contributed by atoms with E-state index in [1.807, 2.05) is 0 Å². The summed E-state index contributed by atoms with van der Waals surface area (Å²) >= 11 is 0. The number of benzene rings is 1. The van der Waals surface area contributed by atoms with Crippen molar-refractivity contribution in [1.82, 2.24) is 15.1 Å². The summed E-state index contributed by atoms with van der Waals surface area (Å²) < 4.78 is 15.1. The van der Waals surface area contributed by atoms with Crippen LogP contribution in [0.25, 0.3) is 0 Å². The average Bonchev–Trinajstić information content (AvgIpc) is 3.34. The van der Waals surface area contributed by atoms with Crippen molar-refractivity contribution in [2.24, 2.45) is 0 Å². The number of amides is 3. The SMILES string of the molecule is CC(C)(C)N1C[C@H]2C[C@@H]1CN2c1cc2c(cc1F)C(=O)N([C@@H]1CCC(=O)NC1=O)C2. The van der Waals surface area contributed by atoms with E-state index in [1.54, 1.807) is 6.07 Å². The summed E-state index contributed by atoms with van der Waals surface area (Å²) in [6.45, 7) is 8.59. The lowest BCUT2D eigenvalue weighted by Crippen LogP contribution is -2.53. The van der Waals surface area contributed by atoms with Gasteiger partial charge in [-0.15, -0.1) is 0 Å². The number of likely N-dealkylation sites (tertiary alicyclic amines) is 1. The van der Waals surface area contributed by atoms with E-state index >= 15 is 4.39 Å². The van der Waals surface area contributed by atoms with E-state index in [0.717, 1.165) is 25.1 Å². The van der Waals surface area contributed by atoms with Gasteiger partial charge in [-0.2, -0.15) is 0 Å². The number of hydrogen-bond donors (Lipinski definition) is 1. The van der Waals surface area contributed by atoms with Crippen molar-refractivity contribution in [1.29, 1.82) is 0 Å². The summed E-state index contributed by atoms with van der Waals surface area (Å²) in [6, 6.07) is 3.11. The zero-order chi connectivity index (χ0) is 21.4. The molecule has 0 unspecified atom stereocenters. The Kier molecular flexibility index (Phi) is 4.23. The molecular formula is C22H27FN4O3. The number of halogens is 1. The molecule has 4 heterocycles. The van der Waals surface area contributed by atoms with Gasteiger partial charge in [-0.25, -0.2) is 4.39 Å². The van der Waals surface area contributed by atoms with Crippen molar-refractivity contribution in [2.75, 3.05) is 18.0 Å². The maximum Gasteiger partial charge on any atom is 0.255 e. The standard InChI is InChI=1S/C22H27FN4O3/c1-22(2,3)27-11-13-7-14(27)10-25(13)18-6-12-9-26(21(30)15(12)8-16(18)23)17-4-5-19(28)24-20(17)29/h6,8,13-14,17H,4-5,7,9-11H2,1-3H3,(H,24,28,29)/t13-,14-,17-/m1/s1. The van der Waals surface area contributed by atoms with Gasteiger partial charge < -0.3 is 9.80 Å². The molecule has 3 saturated heterocycles. The number of carbonyl (C=O) groups excluding carboxylic acids is 3. The third-order valence-corrected chi connectivity index (χ3v) is 7.00. The van der Waals surface area contributed by atoms with Gasteiger partial charge in [-0.3, -0.25) is 24.6 Å². The van der Waals surface area contributed by atoms with Crippen LogP contribution in [0.4, 0.5) is 10.1 Å². The highest BCUT2D eigenvalue weighted by atomic mass is 19.1. The normalized spacial score (nSPS) is 29.1. The van der Waals surface area contributed by atoms with Gasteiger partial charge >= 0.3 is 0 Å². The predicted molar refractivity (Wildman–Crippen MR) is 108 cm³/mol. The molecular weight excluding hydrogens is 387 g/mol. The molecule has 1 aromatic rings. The maximum absolute atomic E-state index is 15.1. The maximum atomic E-state index is 15.1. The molecule has 1 N–H and O–H groups in total. The summed E-state index contributed by atoms with van der Waals surface area (Å²) in [4.78, 5) is 42.6.